The number of aryl methyl sites for hydroxylation is 2. The Morgan fingerprint density at radius 2 is 1.84 bits per heavy atom. The molecule has 2 N–H and O–H groups in total. The normalized spacial score (nSPS) is 10.6. The van der Waals surface area contributed by atoms with Crippen molar-refractivity contribution in [3.05, 3.63) is 29.3 Å². The van der Waals surface area contributed by atoms with E-state index in [1.54, 1.807) is 0 Å². The number of nitrogens with one attached hydrogen (secondary N) is 2. The van der Waals surface area contributed by atoms with E-state index in [2.05, 4.69) is 42.7 Å². The quantitative estimate of drug-likeness (QED) is 0.618. The molecule has 3 nitrogen and oxygen atoms in total. The van der Waals surface area contributed by atoms with Gasteiger partial charge in [0.1, 0.15) is 0 Å². The van der Waals surface area contributed by atoms with Gasteiger partial charge in [0.2, 0.25) is 0 Å². The molecule has 0 aliphatic carbocycles. The zero-order valence-electron chi connectivity index (χ0n) is 12.2. The molecule has 0 bridgehead atoms. The first-order chi connectivity index (χ1) is 8.97. The molecule has 0 atom stereocenters. The molecule has 0 saturated heterocycles. The molecular formula is C15H24N2OS. The van der Waals surface area contributed by atoms with E-state index in [0.717, 1.165) is 25.3 Å². The number of thiocarbonyl (C=S) groups is 1. The third kappa shape index (κ3) is 7.13. The maximum atomic E-state index is 5.47. The average molecular weight is 280 g/mol. The van der Waals surface area contributed by atoms with Crippen LogP contribution in [0.2, 0.25) is 0 Å². The molecule has 0 heterocycles. The lowest BCUT2D eigenvalue weighted by Crippen LogP contribution is -2.30. The van der Waals surface area contributed by atoms with Gasteiger partial charge in [-0.15, -0.1) is 0 Å². The van der Waals surface area contributed by atoms with Crippen LogP contribution in [0.4, 0.5) is 5.69 Å². The van der Waals surface area contributed by atoms with Crippen molar-refractivity contribution in [2.75, 3.05) is 18.5 Å². The van der Waals surface area contributed by atoms with Crippen LogP contribution in [0.5, 0.6) is 0 Å². The number of rotatable bonds is 6. The Balaban J connectivity index is 2.27. The van der Waals surface area contributed by atoms with Gasteiger partial charge >= 0.3 is 0 Å². The molecule has 4 heteroatoms. The Hall–Kier alpha value is -1.13. The Morgan fingerprint density at radius 1 is 1.21 bits per heavy atom. The molecule has 106 valence electrons. The summed E-state index contributed by atoms with van der Waals surface area (Å²) in [5.74, 6) is 0. The van der Waals surface area contributed by atoms with Gasteiger partial charge in [-0.25, -0.2) is 0 Å². The topological polar surface area (TPSA) is 33.3 Å². The summed E-state index contributed by atoms with van der Waals surface area (Å²) in [5, 5.41) is 7.05. The third-order valence-electron chi connectivity index (χ3n) is 2.54. The van der Waals surface area contributed by atoms with Crippen LogP contribution in [-0.4, -0.2) is 24.4 Å². The van der Waals surface area contributed by atoms with Crippen LogP contribution >= 0.6 is 12.2 Å². The number of benzene rings is 1. The molecular weight excluding hydrogens is 256 g/mol. The molecule has 0 amide bonds. The van der Waals surface area contributed by atoms with Gasteiger partial charge in [0.15, 0.2) is 5.11 Å². The minimum atomic E-state index is 0.292. The highest BCUT2D eigenvalue weighted by atomic mass is 32.1. The highest BCUT2D eigenvalue weighted by Gasteiger charge is 1.99. The maximum Gasteiger partial charge on any atom is 0.170 e. The van der Waals surface area contributed by atoms with Gasteiger partial charge in [-0.05, 0) is 69.6 Å². The maximum absolute atomic E-state index is 5.47. The molecule has 0 unspecified atom stereocenters. The van der Waals surface area contributed by atoms with Gasteiger partial charge in [-0.2, -0.15) is 0 Å². The van der Waals surface area contributed by atoms with E-state index >= 15 is 0 Å². The minimum Gasteiger partial charge on any atom is -0.379 e. The second-order valence-corrected chi connectivity index (χ2v) is 5.44. The Labute approximate surface area is 121 Å². The van der Waals surface area contributed by atoms with Crippen LogP contribution in [0.1, 0.15) is 31.4 Å². The van der Waals surface area contributed by atoms with Gasteiger partial charge in [-0.1, -0.05) is 6.07 Å². The Bertz CT molecular complexity index is 398. The fraction of sp³-hybridized carbons (Fsp3) is 0.533. The van der Waals surface area contributed by atoms with E-state index in [4.69, 9.17) is 17.0 Å². The van der Waals surface area contributed by atoms with Crippen molar-refractivity contribution in [3.8, 4) is 0 Å². The van der Waals surface area contributed by atoms with E-state index in [0.29, 0.717) is 11.2 Å². The summed E-state index contributed by atoms with van der Waals surface area (Å²) < 4.78 is 5.47. The molecule has 0 aromatic heterocycles. The summed E-state index contributed by atoms with van der Waals surface area (Å²) in [5.41, 5.74) is 3.50. The molecule has 1 aromatic carbocycles. The van der Waals surface area contributed by atoms with Crippen molar-refractivity contribution in [2.45, 2.75) is 40.2 Å². The van der Waals surface area contributed by atoms with Crippen molar-refractivity contribution in [1.29, 1.82) is 0 Å². The SMILES string of the molecule is Cc1cc(C)cc(NC(=S)NCCCOC(C)C)c1. The van der Waals surface area contributed by atoms with Gasteiger partial charge in [0, 0.05) is 18.8 Å². The molecule has 0 spiro atoms. The first kappa shape index (κ1) is 15.9. The van der Waals surface area contributed by atoms with Gasteiger partial charge in [0.05, 0.1) is 6.10 Å². The summed E-state index contributed by atoms with van der Waals surface area (Å²) in [6.07, 6.45) is 1.24. The third-order valence-corrected chi connectivity index (χ3v) is 2.78. The van der Waals surface area contributed by atoms with E-state index < -0.39 is 0 Å². The second-order valence-electron chi connectivity index (χ2n) is 5.03. The summed E-state index contributed by atoms with van der Waals surface area (Å²) in [6, 6.07) is 6.32. The average Bonchev–Trinajstić information content (AvgIpc) is 2.26. The van der Waals surface area contributed by atoms with Crippen LogP contribution in [0, 0.1) is 13.8 Å². The van der Waals surface area contributed by atoms with Crippen molar-refractivity contribution in [1.82, 2.24) is 5.32 Å². The number of hydrogen-bond acceptors (Lipinski definition) is 2. The largest absolute Gasteiger partial charge is 0.379 e. The molecule has 19 heavy (non-hydrogen) atoms. The fourth-order valence-electron chi connectivity index (χ4n) is 1.82. The lowest BCUT2D eigenvalue weighted by atomic mass is 10.1. The number of ether oxygens (including phenoxy) is 1. The molecule has 0 fully saturated rings. The minimum absolute atomic E-state index is 0.292. The fourth-order valence-corrected chi connectivity index (χ4v) is 2.04. The monoisotopic (exact) mass is 280 g/mol. The van der Waals surface area contributed by atoms with Crippen LogP contribution in [0.15, 0.2) is 18.2 Å². The molecule has 0 aliphatic rings. The highest BCUT2D eigenvalue weighted by molar-refractivity contribution is 7.80. The number of hydrogen-bond donors (Lipinski definition) is 2. The second kappa shape index (κ2) is 8.12. The zero-order chi connectivity index (χ0) is 14.3. The zero-order valence-corrected chi connectivity index (χ0v) is 13.1. The molecule has 0 radical (unpaired) electrons. The van der Waals surface area contributed by atoms with E-state index in [9.17, 15) is 0 Å². The molecule has 1 rings (SSSR count). The first-order valence-corrected chi connectivity index (χ1v) is 7.13. The summed E-state index contributed by atoms with van der Waals surface area (Å²) in [6.45, 7) is 9.83. The van der Waals surface area contributed by atoms with Crippen molar-refractivity contribution in [2.24, 2.45) is 0 Å². The standard InChI is InChI=1S/C15H24N2OS/c1-11(2)18-7-5-6-16-15(19)17-14-9-12(3)8-13(4)10-14/h8-11H,5-7H2,1-4H3,(H2,16,17,19). The van der Waals surface area contributed by atoms with E-state index in [1.165, 1.54) is 11.1 Å². The van der Waals surface area contributed by atoms with Crippen molar-refractivity contribution >= 4 is 23.0 Å². The van der Waals surface area contributed by atoms with Crippen LogP contribution in [0.25, 0.3) is 0 Å². The summed E-state index contributed by atoms with van der Waals surface area (Å²) >= 11 is 5.26. The molecule has 0 aliphatic heterocycles. The van der Waals surface area contributed by atoms with Crippen LogP contribution in [-0.2, 0) is 4.74 Å². The predicted molar refractivity (Wildman–Crippen MR) is 85.8 cm³/mol. The van der Waals surface area contributed by atoms with Crippen molar-refractivity contribution in [3.63, 3.8) is 0 Å². The van der Waals surface area contributed by atoms with E-state index in [-0.39, 0.29) is 0 Å². The Kier molecular flexibility index (Phi) is 6.81. The molecule has 0 saturated carbocycles. The highest BCUT2D eigenvalue weighted by Crippen LogP contribution is 2.13. The van der Waals surface area contributed by atoms with E-state index in [1.807, 2.05) is 13.8 Å². The number of anilines is 1. The van der Waals surface area contributed by atoms with Crippen molar-refractivity contribution < 1.29 is 4.74 Å². The predicted octanol–water partition coefficient (Wildman–Crippen LogP) is 3.40. The lowest BCUT2D eigenvalue weighted by Gasteiger charge is -2.12. The van der Waals surface area contributed by atoms with Crippen LogP contribution in [0.3, 0.4) is 0 Å². The lowest BCUT2D eigenvalue weighted by molar-refractivity contribution is 0.0777. The first-order valence-electron chi connectivity index (χ1n) is 6.72. The molecule has 1 aromatic rings. The Morgan fingerprint density at radius 3 is 2.42 bits per heavy atom. The van der Waals surface area contributed by atoms with Gasteiger partial charge in [0.25, 0.3) is 0 Å². The van der Waals surface area contributed by atoms with Crippen LogP contribution < -0.4 is 10.6 Å². The summed E-state index contributed by atoms with van der Waals surface area (Å²) in [7, 11) is 0. The van der Waals surface area contributed by atoms with Gasteiger partial charge < -0.3 is 15.4 Å². The van der Waals surface area contributed by atoms with Gasteiger partial charge in [-0.3, -0.25) is 0 Å². The summed E-state index contributed by atoms with van der Waals surface area (Å²) in [4.78, 5) is 0. The smallest absolute Gasteiger partial charge is 0.170 e.